The van der Waals surface area contributed by atoms with Crippen LogP contribution in [0.15, 0.2) is 0 Å². The zero-order chi connectivity index (χ0) is 10.2. The van der Waals surface area contributed by atoms with Crippen molar-refractivity contribution in [3.8, 4) is 0 Å². The average Bonchev–Trinajstić information content (AvgIpc) is 2.26. The quantitative estimate of drug-likeness (QED) is 0.678. The van der Waals surface area contributed by atoms with E-state index in [1.165, 1.54) is 0 Å². The Morgan fingerprint density at radius 1 is 1.54 bits per heavy atom. The summed E-state index contributed by atoms with van der Waals surface area (Å²) in [5, 5.41) is 19.9. The normalized spacial score (nSPS) is 12.9. The van der Waals surface area contributed by atoms with Gasteiger partial charge in [0.15, 0.2) is 0 Å². The van der Waals surface area contributed by atoms with Gasteiger partial charge in [0.1, 0.15) is 0 Å². The zero-order valence-electron chi connectivity index (χ0n) is 7.84. The Balaban J connectivity index is 3.30. The Labute approximate surface area is 76.2 Å². The standard InChI is InChI=1S/C9H13NO3/c1-4-7(6(3)11)5(2)10-8(4)9(12)13/h6,10-11H,1-3H3,(H,12,13)/p-1/t6-/m0/s1. The van der Waals surface area contributed by atoms with Crippen LogP contribution >= 0.6 is 0 Å². The highest BCUT2D eigenvalue weighted by Gasteiger charge is 2.15. The van der Waals surface area contributed by atoms with Crippen molar-refractivity contribution in [1.29, 1.82) is 0 Å². The Hall–Kier alpha value is -1.29. The molecule has 0 fully saturated rings. The maximum absolute atomic E-state index is 10.6. The van der Waals surface area contributed by atoms with Crippen molar-refractivity contribution in [2.45, 2.75) is 26.9 Å². The van der Waals surface area contributed by atoms with E-state index in [1.807, 2.05) is 0 Å². The van der Waals surface area contributed by atoms with Gasteiger partial charge in [0.05, 0.1) is 17.8 Å². The van der Waals surface area contributed by atoms with Gasteiger partial charge in [-0.25, -0.2) is 0 Å². The summed E-state index contributed by atoms with van der Waals surface area (Å²) in [5.74, 6) is -1.24. The molecule has 13 heavy (non-hydrogen) atoms. The van der Waals surface area contributed by atoms with E-state index >= 15 is 0 Å². The highest BCUT2D eigenvalue weighted by Crippen LogP contribution is 2.23. The fraction of sp³-hybridized carbons (Fsp3) is 0.444. The van der Waals surface area contributed by atoms with E-state index in [2.05, 4.69) is 4.98 Å². The van der Waals surface area contributed by atoms with E-state index in [4.69, 9.17) is 0 Å². The maximum atomic E-state index is 10.6. The molecule has 0 unspecified atom stereocenters. The predicted molar refractivity (Wildman–Crippen MR) is 45.2 cm³/mol. The lowest BCUT2D eigenvalue weighted by molar-refractivity contribution is -0.255. The molecule has 0 aliphatic carbocycles. The molecule has 0 aliphatic rings. The van der Waals surface area contributed by atoms with Crippen molar-refractivity contribution in [3.05, 3.63) is 22.5 Å². The average molecular weight is 182 g/mol. The molecule has 0 saturated heterocycles. The van der Waals surface area contributed by atoms with E-state index in [0.29, 0.717) is 16.8 Å². The van der Waals surface area contributed by atoms with Crippen molar-refractivity contribution in [1.82, 2.24) is 4.98 Å². The number of carboxylic acids is 1. The number of aliphatic hydroxyl groups excluding tert-OH is 1. The second-order valence-electron chi connectivity index (χ2n) is 3.13. The van der Waals surface area contributed by atoms with Crippen molar-refractivity contribution in [2.75, 3.05) is 0 Å². The number of H-pyrrole nitrogens is 1. The number of carboxylic acid groups (broad SMARTS) is 1. The van der Waals surface area contributed by atoms with E-state index in [1.54, 1.807) is 20.8 Å². The molecule has 0 spiro atoms. The molecule has 1 aromatic rings. The summed E-state index contributed by atoms with van der Waals surface area (Å²) in [6.45, 7) is 4.97. The first-order valence-electron chi connectivity index (χ1n) is 4.03. The number of aryl methyl sites for hydroxylation is 1. The second kappa shape index (κ2) is 3.22. The van der Waals surface area contributed by atoms with Crippen LogP contribution in [0.1, 0.15) is 40.3 Å². The van der Waals surface area contributed by atoms with Gasteiger partial charge in [0.2, 0.25) is 0 Å². The number of carbonyl (C=O) groups is 1. The number of aromatic amines is 1. The second-order valence-corrected chi connectivity index (χ2v) is 3.13. The van der Waals surface area contributed by atoms with Crippen LogP contribution in [0.25, 0.3) is 0 Å². The number of aromatic carboxylic acids is 1. The molecule has 0 aromatic carbocycles. The number of hydrogen-bond donors (Lipinski definition) is 2. The molecular weight excluding hydrogens is 170 g/mol. The van der Waals surface area contributed by atoms with Crippen LogP contribution in [0.3, 0.4) is 0 Å². The van der Waals surface area contributed by atoms with Crippen LogP contribution in [-0.2, 0) is 0 Å². The molecule has 72 valence electrons. The third kappa shape index (κ3) is 1.58. The Morgan fingerprint density at radius 2 is 2.08 bits per heavy atom. The number of rotatable bonds is 2. The molecule has 0 aliphatic heterocycles. The molecule has 4 nitrogen and oxygen atoms in total. The van der Waals surface area contributed by atoms with E-state index < -0.39 is 12.1 Å². The van der Waals surface area contributed by atoms with Gasteiger partial charge in [0, 0.05) is 11.3 Å². The summed E-state index contributed by atoms with van der Waals surface area (Å²) in [7, 11) is 0. The van der Waals surface area contributed by atoms with Gasteiger partial charge in [-0.1, -0.05) is 0 Å². The Morgan fingerprint density at radius 3 is 2.31 bits per heavy atom. The van der Waals surface area contributed by atoms with Crippen LogP contribution in [-0.4, -0.2) is 16.1 Å². The first-order valence-corrected chi connectivity index (χ1v) is 4.03. The Bertz CT molecular complexity index is 339. The third-order valence-corrected chi connectivity index (χ3v) is 2.12. The van der Waals surface area contributed by atoms with Gasteiger partial charge < -0.3 is 20.0 Å². The molecule has 4 heteroatoms. The van der Waals surface area contributed by atoms with Crippen LogP contribution in [0, 0.1) is 13.8 Å². The number of carbonyl (C=O) groups excluding carboxylic acids is 1. The fourth-order valence-electron chi connectivity index (χ4n) is 1.60. The zero-order valence-corrected chi connectivity index (χ0v) is 7.84. The summed E-state index contributed by atoms with van der Waals surface area (Å²) in [6.07, 6.45) is -0.663. The molecular formula is C9H12NO3-. The maximum Gasteiger partial charge on any atom is 0.0880 e. The van der Waals surface area contributed by atoms with E-state index in [9.17, 15) is 15.0 Å². The van der Waals surface area contributed by atoms with Crippen molar-refractivity contribution in [2.24, 2.45) is 0 Å². The molecule has 1 atom stereocenters. The van der Waals surface area contributed by atoms with Crippen molar-refractivity contribution < 1.29 is 15.0 Å². The number of hydrogen-bond acceptors (Lipinski definition) is 3. The monoisotopic (exact) mass is 182 g/mol. The van der Waals surface area contributed by atoms with Gasteiger partial charge >= 0.3 is 0 Å². The van der Waals surface area contributed by atoms with Crippen LogP contribution in [0.2, 0.25) is 0 Å². The predicted octanol–water partition coefficient (Wildman–Crippen LogP) is 0.0483. The van der Waals surface area contributed by atoms with Gasteiger partial charge in [-0.2, -0.15) is 0 Å². The molecule has 1 rings (SSSR count). The topological polar surface area (TPSA) is 76.2 Å². The van der Waals surface area contributed by atoms with Crippen LogP contribution in [0.4, 0.5) is 0 Å². The molecule has 0 saturated carbocycles. The lowest BCUT2D eigenvalue weighted by Gasteiger charge is -2.05. The molecule has 1 aromatic heterocycles. The minimum atomic E-state index is -1.24. The molecule has 1 heterocycles. The summed E-state index contributed by atoms with van der Waals surface area (Å²) >= 11 is 0. The van der Waals surface area contributed by atoms with E-state index in [0.717, 1.165) is 0 Å². The lowest BCUT2D eigenvalue weighted by Crippen LogP contribution is -2.23. The van der Waals surface area contributed by atoms with Crippen LogP contribution in [0.5, 0.6) is 0 Å². The fourth-order valence-corrected chi connectivity index (χ4v) is 1.60. The van der Waals surface area contributed by atoms with Crippen molar-refractivity contribution >= 4 is 5.97 Å². The summed E-state index contributed by atoms with van der Waals surface area (Å²) in [5.41, 5.74) is 1.91. The van der Waals surface area contributed by atoms with Gasteiger partial charge in [-0.15, -0.1) is 0 Å². The smallest absolute Gasteiger partial charge is 0.0880 e. The lowest BCUT2D eigenvalue weighted by atomic mass is 10.1. The summed E-state index contributed by atoms with van der Waals surface area (Å²) in [4.78, 5) is 13.3. The molecule has 2 N–H and O–H groups in total. The minimum absolute atomic E-state index is 0.0494. The van der Waals surface area contributed by atoms with Gasteiger partial charge in [-0.3, -0.25) is 0 Å². The van der Waals surface area contributed by atoms with Gasteiger partial charge in [-0.05, 0) is 26.3 Å². The summed E-state index contributed by atoms with van der Waals surface area (Å²) < 4.78 is 0. The highest BCUT2D eigenvalue weighted by atomic mass is 16.4. The number of aliphatic hydroxyl groups is 1. The SMILES string of the molecule is Cc1[nH]c(C(=O)[O-])c(C)c1[C@H](C)O. The van der Waals surface area contributed by atoms with Crippen LogP contribution < -0.4 is 5.11 Å². The number of aromatic nitrogens is 1. The molecule has 0 bridgehead atoms. The molecule has 0 amide bonds. The first-order chi connectivity index (χ1) is 5.95. The minimum Gasteiger partial charge on any atom is -0.543 e. The van der Waals surface area contributed by atoms with Crippen molar-refractivity contribution in [3.63, 3.8) is 0 Å². The third-order valence-electron chi connectivity index (χ3n) is 2.12. The highest BCUT2D eigenvalue weighted by molar-refractivity contribution is 5.86. The Kier molecular flexibility index (Phi) is 2.43. The number of nitrogens with one attached hydrogen (secondary N) is 1. The van der Waals surface area contributed by atoms with E-state index in [-0.39, 0.29) is 5.69 Å². The first kappa shape index (κ1) is 9.80. The van der Waals surface area contributed by atoms with Gasteiger partial charge in [0.25, 0.3) is 0 Å². The summed E-state index contributed by atoms with van der Waals surface area (Å²) in [6, 6.07) is 0. The molecule has 0 radical (unpaired) electrons. The largest absolute Gasteiger partial charge is 0.543 e.